The molecular formula is C44H27N5O2Zn. The number of fused-ring (bicyclic) bond motifs is 8. The van der Waals surface area contributed by atoms with Gasteiger partial charge in [0.25, 0.3) is 5.69 Å². The van der Waals surface area contributed by atoms with Crippen molar-refractivity contribution in [1.29, 1.82) is 0 Å². The van der Waals surface area contributed by atoms with Gasteiger partial charge in [-0.05, 0) is 80.9 Å². The average Bonchev–Trinajstić information content (AvgIpc) is 4.01. The molecule has 242 valence electrons. The molecule has 8 bridgehead atoms. The van der Waals surface area contributed by atoms with E-state index in [1.165, 1.54) is 12.1 Å². The Morgan fingerprint density at radius 3 is 0.981 bits per heavy atom. The van der Waals surface area contributed by atoms with Crippen LogP contribution in [-0.2, 0) is 19.5 Å². The van der Waals surface area contributed by atoms with Crippen LogP contribution in [-0.4, -0.2) is 14.9 Å². The van der Waals surface area contributed by atoms with Crippen molar-refractivity contribution in [3.05, 3.63) is 172 Å². The number of benzene rings is 4. The van der Waals surface area contributed by atoms with Gasteiger partial charge in [-0.1, -0.05) is 115 Å². The Balaban J connectivity index is 0.00000387. The third-order valence-electron chi connectivity index (χ3n) is 9.16. The molecule has 2 aliphatic heterocycles. The fraction of sp³-hybridized carbons (Fsp3) is 0. The van der Waals surface area contributed by atoms with Crippen molar-refractivity contribution in [1.82, 2.24) is 19.9 Å². The van der Waals surface area contributed by atoms with E-state index in [0.717, 1.165) is 78.1 Å². The maximum atomic E-state index is 11.6. The van der Waals surface area contributed by atoms with E-state index in [4.69, 9.17) is 19.9 Å². The minimum Gasteiger partial charge on any atom is -0.657 e. The van der Waals surface area contributed by atoms with Crippen LogP contribution in [0.4, 0.5) is 5.69 Å². The molecule has 2 aliphatic rings. The van der Waals surface area contributed by atoms with Crippen LogP contribution in [0.15, 0.2) is 140 Å². The largest absolute Gasteiger partial charge is 2.00 e. The molecule has 5 heterocycles. The van der Waals surface area contributed by atoms with Crippen molar-refractivity contribution in [2.24, 2.45) is 0 Å². The van der Waals surface area contributed by atoms with Crippen molar-refractivity contribution in [3.8, 4) is 44.5 Å². The number of nitro benzene ring substituents is 1. The standard InChI is InChI=1S/C44H27N5O2.Zn/c50-49(51)32-18-16-31(17-19-32)44-39-26-24-37(47-39)42(29-12-6-2-7-13-29)35-22-20-33(45-35)41(28-10-4-1-5-11-28)34-21-23-36(46-34)43(30-14-8-3-9-15-30)38-25-27-40(44)48-38;/h1-27H;/q-2;+2. The van der Waals surface area contributed by atoms with Crippen molar-refractivity contribution >= 4 is 52.1 Å². The van der Waals surface area contributed by atoms with Crippen LogP contribution < -0.4 is 9.97 Å². The normalized spacial score (nSPS) is 11.7. The predicted octanol–water partition coefficient (Wildman–Crippen LogP) is 10.5. The first-order chi connectivity index (χ1) is 25.1. The second kappa shape index (κ2) is 13.7. The van der Waals surface area contributed by atoms with E-state index in [1.54, 1.807) is 12.1 Å². The first-order valence-corrected chi connectivity index (χ1v) is 16.6. The van der Waals surface area contributed by atoms with Gasteiger partial charge in [-0.25, -0.2) is 9.97 Å². The maximum Gasteiger partial charge on any atom is 2.00 e. The molecular weight excluding hydrogens is 696 g/mol. The summed E-state index contributed by atoms with van der Waals surface area (Å²) in [5.74, 6) is 0. The minimum absolute atomic E-state index is 0. The third kappa shape index (κ3) is 5.89. The van der Waals surface area contributed by atoms with Crippen LogP contribution in [0.2, 0.25) is 0 Å². The van der Waals surface area contributed by atoms with E-state index in [9.17, 15) is 10.1 Å². The molecule has 7 aromatic rings. The van der Waals surface area contributed by atoms with Crippen molar-refractivity contribution < 1.29 is 24.4 Å². The summed E-state index contributed by atoms with van der Waals surface area (Å²) in [4.78, 5) is 32.2. The number of hydrogen-bond acceptors (Lipinski definition) is 4. The Kier molecular flexibility index (Phi) is 8.59. The van der Waals surface area contributed by atoms with E-state index in [2.05, 4.69) is 48.5 Å². The molecule has 0 radical (unpaired) electrons. The van der Waals surface area contributed by atoms with Gasteiger partial charge >= 0.3 is 19.5 Å². The zero-order valence-electron chi connectivity index (χ0n) is 27.8. The SMILES string of the molecule is O=[N+]([O-])c1ccc(-c2c3nc(c(-c4ccccc4)c4ccc([n-]4)c(-c4ccccc4)c4nc(c(-c5ccccc5)c5ccc2[n-]5)C=C4)C=C3)cc1.[Zn+2]. The average molecular weight is 723 g/mol. The van der Waals surface area contributed by atoms with Gasteiger partial charge in [0.2, 0.25) is 0 Å². The van der Waals surface area contributed by atoms with E-state index in [0.29, 0.717) is 11.2 Å². The van der Waals surface area contributed by atoms with Gasteiger partial charge in [0, 0.05) is 12.1 Å². The van der Waals surface area contributed by atoms with E-state index in [1.807, 2.05) is 91.0 Å². The second-order valence-electron chi connectivity index (χ2n) is 12.3. The molecule has 0 saturated carbocycles. The molecule has 0 spiro atoms. The molecule has 52 heavy (non-hydrogen) atoms. The summed E-state index contributed by atoms with van der Waals surface area (Å²) in [6.45, 7) is 0. The minimum atomic E-state index is -0.393. The number of aromatic nitrogens is 4. The predicted molar refractivity (Wildman–Crippen MR) is 205 cm³/mol. The first-order valence-electron chi connectivity index (χ1n) is 16.6. The smallest absolute Gasteiger partial charge is 0.657 e. The fourth-order valence-corrected chi connectivity index (χ4v) is 6.83. The molecule has 0 aliphatic carbocycles. The Morgan fingerprint density at radius 1 is 0.404 bits per heavy atom. The first kappa shape index (κ1) is 32.7. The molecule has 9 rings (SSSR count). The van der Waals surface area contributed by atoms with E-state index >= 15 is 0 Å². The number of rotatable bonds is 5. The zero-order chi connectivity index (χ0) is 34.3. The van der Waals surface area contributed by atoms with Gasteiger partial charge in [0.15, 0.2) is 0 Å². The topological polar surface area (TPSA) is 97.1 Å². The Hall–Kier alpha value is -6.50. The van der Waals surface area contributed by atoms with Crippen LogP contribution >= 0.6 is 0 Å². The van der Waals surface area contributed by atoms with Gasteiger partial charge < -0.3 is 9.97 Å². The molecule has 4 aromatic carbocycles. The molecule has 7 nitrogen and oxygen atoms in total. The second-order valence-corrected chi connectivity index (χ2v) is 12.3. The van der Waals surface area contributed by atoms with Crippen molar-refractivity contribution in [2.45, 2.75) is 0 Å². The maximum absolute atomic E-state index is 11.6. The van der Waals surface area contributed by atoms with Gasteiger partial charge in [-0.15, -0.1) is 22.1 Å². The van der Waals surface area contributed by atoms with Gasteiger partial charge in [-0.2, -0.15) is 0 Å². The van der Waals surface area contributed by atoms with E-state index in [-0.39, 0.29) is 25.2 Å². The Bertz CT molecular complexity index is 2660. The quantitative estimate of drug-likeness (QED) is 0.0996. The van der Waals surface area contributed by atoms with Gasteiger partial charge in [-0.3, -0.25) is 10.1 Å². The summed E-state index contributed by atoms with van der Waals surface area (Å²) < 4.78 is 0. The number of nitrogens with zero attached hydrogens (tertiary/aromatic N) is 5. The monoisotopic (exact) mass is 721 g/mol. The number of non-ortho nitro benzene ring substituents is 1. The fourth-order valence-electron chi connectivity index (χ4n) is 6.83. The summed E-state index contributed by atoms with van der Waals surface area (Å²) >= 11 is 0. The number of nitro groups is 1. The summed E-state index contributed by atoms with van der Waals surface area (Å²) in [6.07, 6.45) is 8.09. The van der Waals surface area contributed by atoms with Crippen LogP contribution in [0.1, 0.15) is 22.8 Å². The molecule has 0 N–H and O–H groups in total. The molecule has 0 unspecified atom stereocenters. The molecule has 0 fully saturated rings. The van der Waals surface area contributed by atoms with Crippen molar-refractivity contribution in [2.75, 3.05) is 0 Å². The molecule has 0 atom stereocenters. The Labute approximate surface area is 312 Å². The summed E-state index contributed by atoms with van der Waals surface area (Å²) in [6, 6.07) is 45.2. The van der Waals surface area contributed by atoms with Crippen LogP contribution in [0.3, 0.4) is 0 Å². The van der Waals surface area contributed by atoms with Crippen LogP contribution in [0.5, 0.6) is 0 Å². The molecule has 0 amide bonds. The van der Waals surface area contributed by atoms with Crippen LogP contribution in [0.25, 0.3) is 90.9 Å². The third-order valence-corrected chi connectivity index (χ3v) is 9.16. The van der Waals surface area contributed by atoms with Gasteiger partial charge in [0.1, 0.15) is 0 Å². The molecule has 0 saturated heterocycles. The van der Waals surface area contributed by atoms with Crippen LogP contribution in [0, 0.1) is 10.1 Å². The van der Waals surface area contributed by atoms with Crippen molar-refractivity contribution in [3.63, 3.8) is 0 Å². The zero-order valence-corrected chi connectivity index (χ0v) is 30.8. The summed E-state index contributed by atoms with van der Waals surface area (Å²) in [5.41, 5.74) is 13.3. The van der Waals surface area contributed by atoms with Gasteiger partial charge in [0.05, 0.1) is 27.7 Å². The number of hydrogen-bond donors (Lipinski definition) is 0. The molecule has 8 heteroatoms. The summed E-state index contributed by atoms with van der Waals surface area (Å²) in [5, 5.41) is 11.6. The Morgan fingerprint density at radius 2 is 0.692 bits per heavy atom. The summed E-state index contributed by atoms with van der Waals surface area (Å²) in [7, 11) is 0. The van der Waals surface area contributed by atoms with E-state index < -0.39 is 4.92 Å². The molecule has 3 aromatic heterocycles.